The molecule has 4 rings (SSSR count). The fraction of sp³-hybridized carbons (Fsp3) is 0.294. The van der Waals surface area contributed by atoms with Gasteiger partial charge in [0, 0.05) is 29.7 Å². The Balaban J connectivity index is 1.60. The zero-order valence-electron chi connectivity index (χ0n) is 13.7. The molecule has 7 nitrogen and oxygen atoms in total. The van der Waals surface area contributed by atoms with Gasteiger partial charge in [-0.15, -0.1) is 0 Å². The average Bonchev–Trinajstić information content (AvgIpc) is 3.25. The number of amides is 1. The van der Waals surface area contributed by atoms with E-state index in [1.807, 2.05) is 13.0 Å². The van der Waals surface area contributed by atoms with E-state index in [4.69, 9.17) is 11.6 Å². The largest absolute Gasteiger partial charge is 0.357 e. The first-order valence-electron chi connectivity index (χ1n) is 8.15. The van der Waals surface area contributed by atoms with Crippen molar-refractivity contribution < 1.29 is 4.79 Å². The van der Waals surface area contributed by atoms with Crippen molar-refractivity contribution in [1.82, 2.24) is 20.2 Å². The molecular formula is C17H17ClN6O. The van der Waals surface area contributed by atoms with Gasteiger partial charge in [0.25, 0.3) is 5.91 Å². The maximum Gasteiger partial charge on any atom is 0.255 e. The van der Waals surface area contributed by atoms with Gasteiger partial charge in [0.05, 0.1) is 11.9 Å². The molecule has 1 amide bonds. The van der Waals surface area contributed by atoms with Crippen LogP contribution in [0.25, 0.3) is 11.0 Å². The number of carbonyl (C=O) groups excluding carboxylic acids is 1. The summed E-state index contributed by atoms with van der Waals surface area (Å²) >= 11 is 6.12. The van der Waals surface area contributed by atoms with Gasteiger partial charge in [-0.2, -0.15) is 5.10 Å². The Morgan fingerprint density at radius 1 is 1.28 bits per heavy atom. The lowest BCUT2D eigenvalue weighted by atomic mass is 10.2. The van der Waals surface area contributed by atoms with Crippen molar-refractivity contribution in [3.05, 3.63) is 40.8 Å². The lowest BCUT2D eigenvalue weighted by Crippen LogP contribution is -2.20. The highest BCUT2D eigenvalue weighted by atomic mass is 35.5. The first-order chi connectivity index (χ1) is 12.1. The van der Waals surface area contributed by atoms with E-state index in [0.29, 0.717) is 22.1 Å². The molecule has 1 saturated heterocycles. The summed E-state index contributed by atoms with van der Waals surface area (Å²) in [6.07, 6.45) is 3.85. The highest BCUT2D eigenvalue weighted by Gasteiger charge is 2.17. The lowest BCUT2D eigenvalue weighted by molar-refractivity contribution is 0.102. The minimum absolute atomic E-state index is 0.243. The molecule has 4 heterocycles. The van der Waals surface area contributed by atoms with Gasteiger partial charge < -0.3 is 10.2 Å². The number of pyridine rings is 2. The first kappa shape index (κ1) is 15.8. The normalized spacial score (nSPS) is 14.2. The molecule has 0 atom stereocenters. The monoisotopic (exact) mass is 356 g/mol. The fourth-order valence-corrected chi connectivity index (χ4v) is 3.22. The zero-order valence-corrected chi connectivity index (χ0v) is 14.5. The summed E-state index contributed by atoms with van der Waals surface area (Å²) in [7, 11) is 0. The predicted octanol–water partition coefficient (Wildman–Crippen LogP) is 3.17. The van der Waals surface area contributed by atoms with E-state index < -0.39 is 0 Å². The summed E-state index contributed by atoms with van der Waals surface area (Å²) in [5, 5.41) is 11.0. The third-order valence-corrected chi connectivity index (χ3v) is 4.52. The van der Waals surface area contributed by atoms with Gasteiger partial charge in [-0.05, 0) is 38.0 Å². The summed E-state index contributed by atoms with van der Waals surface area (Å²) in [6, 6.07) is 5.20. The molecule has 1 aliphatic rings. The molecule has 0 radical (unpaired) electrons. The molecular weight excluding hydrogens is 340 g/mol. The summed E-state index contributed by atoms with van der Waals surface area (Å²) in [4.78, 5) is 23.3. The van der Waals surface area contributed by atoms with Gasteiger partial charge in [0.15, 0.2) is 5.65 Å². The molecule has 0 aliphatic carbocycles. The van der Waals surface area contributed by atoms with Crippen LogP contribution in [0.15, 0.2) is 24.4 Å². The van der Waals surface area contributed by atoms with Gasteiger partial charge in [0.1, 0.15) is 11.0 Å². The zero-order chi connectivity index (χ0) is 17.4. The number of fused-ring (bicyclic) bond motifs is 1. The van der Waals surface area contributed by atoms with Crippen molar-refractivity contribution >= 4 is 40.0 Å². The van der Waals surface area contributed by atoms with Crippen molar-refractivity contribution in [2.75, 3.05) is 23.3 Å². The number of aryl methyl sites for hydroxylation is 1. The van der Waals surface area contributed by atoms with Crippen LogP contribution in [0, 0.1) is 6.92 Å². The van der Waals surface area contributed by atoms with Crippen LogP contribution in [-0.4, -0.2) is 39.2 Å². The number of carbonyl (C=O) groups is 1. The van der Waals surface area contributed by atoms with E-state index in [1.165, 1.54) is 0 Å². The quantitative estimate of drug-likeness (QED) is 0.704. The molecule has 0 bridgehead atoms. The van der Waals surface area contributed by atoms with E-state index in [9.17, 15) is 4.79 Å². The van der Waals surface area contributed by atoms with Gasteiger partial charge >= 0.3 is 0 Å². The van der Waals surface area contributed by atoms with E-state index >= 15 is 0 Å². The number of anilines is 2. The Bertz CT molecular complexity index is 947. The van der Waals surface area contributed by atoms with Crippen molar-refractivity contribution in [3.8, 4) is 0 Å². The highest BCUT2D eigenvalue weighted by molar-refractivity contribution is 6.30. The number of hydrogen-bond acceptors (Lipinski definition) is 5. The Morgan fingerprint density at radius 3 is 2.88 bits per heavy atom. The van der Waals surface area contributed by atoms with Crippen molar-refractivity contribution in [2.45, 2.75) is 19.8 Å². The first-order valence-corrected chi connectivity index (χ1v) is 8.52. The van der Waals surface area contributed by atoms with Crippen LogP contribution in [-0.2, 0) is 0 Å². The molecule has 2 N–H and O–H groups in total. The maximum atomic E-state index is 12.6. The van der Waals surface area contributed by atoms with E-state index in [0.717, 1.165) is 42.8 Å². The SMILES string of the molecule is Cc1[nH]nc2ncc(NC(=O)c3cc(Cl)nc(N4CCCC4)c3)cc12. The van der Waals surface area contributed by atoms with Crippen LogP contribution < -0.4 is 10.2 Å². The van der Waals surface area contributed by atoms with Crippen LogP contribution in [0.2, 0.25) is 5.15 Å². The average molecular weight is 357 g/mol. The van der Waals surface area contributed by atoms with E-state index in [2.05, 4.69) is 30.4 Å². The summed E-state index contributed by atoms with van der Waals surface area (Å²) in [6.45, 7) is 3.79. The Hall–Kier alpha value is -2.67. The van der Waals surface area contributed by atoms with Crippen molar-refractivity contribution in [1.29, 1.82) is 0 Å². The summed E-state index contributed by atoms with van der Waals surface area (Å²) in [5.41, 5.74) is 2.62. The van der Waals surface area contributed by atoms with Gasteiger partial charge in [-0.3, -0.25) is 9.89 Å². The minimum Gasteiger partial charge on any atom is -0.357 e. The molecule has 1 aliphatic heterocycles. The third kappa shape index (κ3) is 3.15. The second kappa shape index (κ2) is 6.33. The molecule has 0 aromatic carbocycles. The molecule has 8 heteroatoms. The highest BCUT2D eigenvalue weighted by Crippen LogP contribution is 2.23. The Morgan fingerprint density at radius 2 is 2.08 bits per heavy atom. The number of aromatic amines is 1. The fourth-order valence-electron chi connectivity index (χ4n) is 3.01. The molecule has 3 aromatic rings. The molecule has 0 saturated carbocycles. The number of aromatic nitrogens is 4. The van der Waals surface area contributed by atoms with E-state index in [1.54, 1.807) is 18.3 Å². The molecule has 1 fully saturated rings. The molecule has 3 aromatic heterocycles. The Kier molecular flexibility index (Phi) is 4.01. The topological polar surface area (TPSA) is 86.8 Å². The Labute approximate surface area is 149 Å². The van der Waals surface area contributed by atoms with Crippen LogP contribution in [0.4, 0.5) is 11.5 Å². The molecule has 0 unspecified atom stereocenters. The number of H-pyrrole nitrogens is 1. The number of nitrogens with zero attached hydrogens (tertiary/aromatic N) is 4. The smallest absolute Gasteiger partial charge is 0.255 e. The number of nitrogens with one attached hydrogen (secondary N) is 2. The number of hydrogen-bond donors (Lipinski definition) is 2. The number of rotatable bonds is 3. The lowest BCUT2D eigenvalue weighted by Gasteiger charge is -2.17. The minimum atomic E-state index is -0.243. The maximum absolute atomic E-state index is 12.6. The van der Waals surface area contributed by atoms with Gasteiger partial charge in [-0.1, -0.05) is 11.6 Å². The molecule has 0 spiro atoms. The van der Waals surface area contributed by atoms with Gasteiger partial charge in [0.2, 0.25) is 0 Å². The third-order valence-electron chi connectivity index (χ3n) is 4.33. The van der Waals surface area contributed by atoms with Crippen LogP contribution >= 0.6 is 11.6 Å². The van der Waals surface area contributed by atoms with Crippen molar-refractivity contribution in [2.24, 2.45) is 0 Å². The van der Waals surface area contributed by atoms with E-state index in [-0.39, 0.29) is 5.91 Å². The molecule has 128 valence electrons. The second-order valence-corrected chi connectivity index (χ2v) is 6.52. The summed E-state index contributed by atoms with van der Waals surface area (Å²) in [5.74, 6) is 0.501. The second-order valence-electron chi connectivity index (χ2n) is 6.13. The van der Waals surface area contributed by atoms with Crippen LogP contribution in [0.5, 0.6) is 0 Å². The number of halogens is 1. The van der Waals surface area contributed by atoms with Gasteiger partial charge in [-0.25, -0.2) is 9.97 Å². The van der Waals surface area contributed by atoms with Crippen LogP contribution in [0.1, 0.15) is 28.9 Å². The molecule has 25 heavy (non-hydrogen) atoms. The standard InChI is InChI=1S/C17H17ClN6O/c1-10-13-8-12(9-19-16(13)23-22-10)20-17(25)11-6-14(18)21-15(7-11)24-4-2-3-5-24/h6-9H,2-5H2,1H3,(H,20,25)(H,19,22,23). The summed E-state index contributed by atoms with van der Waals surface area (Å²) < 4.78 is 0. The van der Waals surface area contributed by atoms with Crippen LogP contribution in [0.3, 0.4) is 0 Å². The van der Waals surface area contributed by atoms with Crippen molar-refractivity contribution in [3.63, 3.8) is 0 Å². The predicted molar refractivity (Wildman–Crippen MR) is 97.3 cm³/mol.